The standard InChI is InChI=1S/C10H20N2O.C10H19NO.C10H21NO.C9H20N2O2S.C9H18N2O2.2C9H19NO.C9H19N.C8H15F2N.C8H16N2O/c1-9(13)11-5-7-12(8-6-11)10(2,3)4;1-10(2,3)11-8-4-5-9(11)7-12-6-8;1-8-6-11(10(3,4)5)7-9(2)12-8;1-9(2,3)10-5-7-11(8-6-10)14(4,12)13;1-9(2,3)11-4-5-13-6-7(11)8(10)12;1-8-7-11-6-5-10(8)9(2,3)4;1-8-7-10(5-6-11-8)9(2,3)4;1-9(2,3)8-5-6-10(4)7-8;1-7(2,3)6-4-8(9,10)5-11-6;1-8(2,3)10-5-4-9-7(11)6-10/h5-8H2,1-4H3;8-9H,4-7H2,1-3H3;8-9H,6-7H2,1-5H3;5-8H2,1-4H3;7H,4-6H2,1-3H3,(H2,10,12);2*8H,5-7H2,1-4H3;8H,5-7H2,1-4H3;6,11H,4-5H2,1-3H3;4-6H2,1-3H3,(H,9,11)/t;;8-,9+;;;;;;;. The fourth-order valence-electron chi connectivity index (χ4n) is 16.8. The number of ether oxygens (including phenoxy) is 5. The Morgan fingerprint density at radius 2 is 0.932 bits per heavy atom. The number of amides is 3. The van der Waals surface area contributed by atoms with Crippen LogP contribution >= 0.6 is 0 Å². The number of nitrogens with one attached hydrogen (secondary N) is 2. The Bertz CT molecular complexity index is 2940. The number of nitrogens with zero attached hydrogens (tertiary/aromatic N) is 11. The third-order valence-electron chi connectivity index (χ3n) is 24.2. The minimum absolute atomic E-state index is 0.0174. The second-order valence-electron chi connectivity index (χ2n) is 45.2. The molecule has 11 aliphatic rings. The Hall–Kier alpha value is -2.42. The van der Waals surface area contributed by atoms with Gasteiger partial charge < -0.3 is 49.9 Å². The van der Waals surface area contributed by atoms with E-state index in [4.69, 9.17) is 29.4 Å². The van der Waals surface area contributed by atoms with E-state index in [2.05, 4.69) is 276 Å². The van der Waals surface area contributed by atoms with Crippen LogP contribution in [0.2, 0.25) is 0 Å². The first kappa shape index (κ1) is 112. The summed E-state index contributed by atoms with van der Waals surface area (Å²) in [5, 5.41) is 5.64. The largest absolute Gasteiger partial charge is 0.379 e. The molecule has 11 rings (SSSR count). The lowest BCUT2D eigenvalue weighted by Crippen LogP contribution is -2.59. The van der Waals surface area contributed by atoms with Crippen molar-refractivity contribution in [1.29, 1.82) is 0 Å². The Kier molecular flexibility index (Phi) is 44.9. The summed E-state index contributed by atoms with van der Waals surface area (Å²) < 4.78 is 76.6. The first-order valence-corrected chi connectivity index (χ1v) is 46.8. The van der Waals surface area contributed by atoms with Gasteiger partial charge in [-0.05, 0) is 243 Å². The summed E-state index contributed by atoms with van der Waals surface area (Å²) in [6, 6.07) is 1.66. The summed E-state index contributed by atoms with van der Waals surface area (Å²) in [5.41, 5.74) is 7.45. The number of primary amides is 1. The molecule has 118 heavy (non-hydrogen) atoms. The van der Waals surface area contributed by atoms with Crippen LogP contribution in [0.3, 0.4) is 0 Å². The number of hydrogen-bond donors (Lipinski definition) is 3. The summed E-state index contributed by atoms with van der Waals surface area (Å²) in [5.74, 6) is -1.52. The molecule has 9 atom stereocenters. The predicted octanol–water partition coefficient (Wildman–Crippen LogP) is 12.1. The summed E-state index contributed by atoms with van der Waals surface area (Å²) in [7, 11) is -0.774. The second kappa shape index (κ2) is 47.4. The van der Waals surface area contributed by atoms with Crippen LogP contribution in [0.15, 0.2) is 0 Å². The van der Waals surface area contributed by atoms with E-state index < -0.39 is 15.9 Å². The number of nitrogens with two attached hydrogens (primary N) is 1. The van der Waals surface area contributed by atoms with Crippen LogP contribution in [0.1, 0.15) is 268 Å². The van der Waals surface area contributed by atoms with E-state index >= 15 is 0 Å². The van der Waals surface area contributed by atoms with E-state index in [1.54, 1.807) is 11.2 Å². The van der Waals surface area contributed by atoms with Crippen LogP contribution in [0.5, 0.6) is 0 Å². The number of carbonyl (C=O) groups excluding carboxylic acids is 3. The monoisotopic (exact) mass is 1710 g/mol. The molecule has 7 unspecified atom stereocenters. The molecular weight excluding hydrogens is 1520 g/mol. The molecule has 24 nitrogen and oxygen atoms in total. The van der Waals surface area contributed by atoms with Crippen molar-refractivity contribution < 1.29 is 55.3 Å². The molecule has 3 amide bonds. The van der Waals surface area contributed by atoms with Crippen molar-refractivity contribution in [2.24, 2.45) is 22.5 Å². The fraction of sp³-hybridized carbons (Fsp3) is 0.967. The van der Waals surface area contributed by atoms with Crippen molar-refractivity contribution in [3.05, 3.63) is 0 Å². The van der Waals surface area contributed by atoms with Crippen molar-refractivity contribution in [2.45, 2.75) is 367 Å². The molecular formula is C91H186F2N14O10S. The molecule has 700 valence electrons. The molecule has 0 aromatic heterocycles. The van der Waals surface area contributed by atoms with Gasteiger partial charge in [-0.2, -0.15) is 4.31 Å². The zero-order valence-electron chi connectivity index (χ0n) is 82.9. The number of carbonyl (C=O) groups is 3. The molecule has 11 saturated heterocycles. The number of morpholine rings is 5. The van der Waals surface area contributed by atoms with E-state index in [1.807, 2.05) is 25.7 Å². The highest BCUT2D eigenvalue weighted by molar-refractivity contribution is 7.88. The summed E-state index contributed by atoms with van der Waals surface area (Å²) in [4.78, 5) is 56.6. The van der Waals surface area contributed by atoms with E-state index in [-0.39, 0.29) is 75.9 Å². The van der Waals surface area contributed by atoms with E-state index in [1.165, 1.54) is 38.6 Å². The lowest BCUT2D eigenvalue weighted by Gasteiger charge is -2.44. The van der Waals surface area contributed by atoms with Crippen LogP contribution in [-0.2, 0) is 48.1 Å². The number of sulfonamides is 1. The fourth-order valence-corrected chi connectivity index (χ4v) is 17.6. The van der Waals surface area contributed by atoms with Crippen molar-refractivity contribution in [1.82, 2.24) is 63.9 Å². The van der Waals surface area contributed by atoms with Gasteiger partial charge in [-0.1, -0.05) is 41.5 Å². The average Bonchev–Trinajstić information content (AvgIpc) is 1.63. The second-order valence-corrected chi connectivity index (χ2v) is 47.2. The molecule has 11 heterocycles. The Labute approximate surface area is 723 Å². The maximum atomic E-state index is 12.7. The molecule has 0 saturated carbocycles. The third-order valence-corrected chi connectivity index (χ3v) is 25.5. The van der Waals surface area contributed by atoms with Crippen LogP contribution in [-0.4, -0.2) is 369 Å². The molecule has 0 aromatic carbocycles. The van der Waals surface area contributed by atoms with Gasteiger partial charge in [0.15, 0.2) is 0 Å². The molecule has 27 heteroatoms. The number of rotatable bonds is 2. The van der Waals surface area contributed by atoms with Crippen molar-refractivity contribution in [2.75, 3.05) is 190 Å². The topological polar surface area (TPSA) is 217 Å². The molecule has 0 spiro atoms. The smallest absolute Gasteiger partial charge is 0.261 e. The van der Waals surface area contributed by atoms with Crippen LogP contribution in [0.25, 0.3) is 0 Å². The highest BCUT2D eigenvalue weighted by atomic mass is 32.2. The molecule has 2 bridgehead atoms. The van der Waals surface area contributed by atoms with Gasteiger partial charge in [-0.25, -0.2) is 17.2 Å². The van der Waals surface area contributed by atoms with Crippen molar-refractivity contribution in [3.8, 4) is 0 Å². The van der Waals surface area contributed by atoms with Gasteiger partial charge in [0.25, 0.3) is 5.92 Å². The molecule has 11 aliphatic heterocycles. The molecule has 4 N–H and O–H groups in total. The van der Waals surface area contributed by atoms with Gasteiger partial charge in [-0.15, -0.1) is 0 Å². The average molecular weight is 1710 g/mol. The van der Waals surface area contributed by atoms with E-state index in [9.17, 15) is 31.6 Å². The molecule has 0 aliphatic carbocycles. The lowest BCUT2D eigenvalue weighted by molar-refractivity contribution is -0.134. The Morgan fingerprint density at radius 3 is 1.23 bits per heavy atom. The van der Waals surface area contributed by atoms with Crippen LogP contribution < -0.4 is 16.4 Å². The quantitative estimate of drug-likeness (QED) is 0.234. The SMILES string of the molecule is CC(=O)N1CCN(C(C)(C)C)CC1.CC(C)(C)C1CC(F)(F)CN1.CC(C)(C)N1C2CCC1COC2.CC(C)(C)N1CCN(S(C)(=O)=O)CC1.CC(C)(C)N1CCNC(=O)C1.CC(C)(C)N1CCOCC1C(N)=O.CC1CN(C(C)(C)C)CCO1.CC1COCCN1C(C)(C)C.CN1CCC(C(C)(C)C)C1.C[C@@H]1CN(C(C)(C)C)C[C@H](C)O1. The van der Waals surface area contributed by atoms with Gasteiger partial charge in [0.2, 0.25) is 27.7 Å². The highest BCUT2D eigenvalue weighted by Crippen LogP contribution is 2.37. The molecule has 11 fully saturated rings. The summed E-state index contributed by atoms with van der Waals surface area (Å²) in [6.45, 7) is 99.5. The predicted molar refractivity (Wildman–Crippen MR) is 486 cm³/mol. The van der Waals surface area contributed by atoms with Crippen molar-refractivity contribution >= 4 is 27.7 Å². The van der Waals surface area contributed by atoms with Gasteiger partial charge in [0.1, 0.15) is 6.04 Å². The summed E-state index contributed by atoms with van der Waals surface area (Å²) >= 11 is 0. The van der Waals surface area contributed by atoms with Crippen LogP contribution in [0.4, 0.5) is 8.78 Å². The maximum Gasteiger partial charge on any atom is 0.261 e. The number of halogens is 2. The maximum absolute atomic E-state index is 12.7. The van der Waals surface area contributed by atoms with Gasteiger partial charge in [-0.3, -0.25) is 53.6 Å². The summed E-state index contributed by atoms with van der Waals surface area (Å²) in [6.07, 6.45) is 6.49. The van der Waals surface area contributed by atoms with Crippen LogP contribution in [0, 0.1) is 16.7 Å². The highest BCUT2D eigenvalue weighted by Gasteiger charge is 2.45. The lowest BCUT2D eigenvalue weighted by atomic mass is 9.80. The first-order valence-electron chi connectivity index (χ1n) is 45.0. The number of likely N-dealkylation sites (tertiary alicyclic amines) is 1. The first-order chi connectivity index (χ1) is 53.4. The number of hydrogen-bond acceptors (Lipinski definition) is 20. The number of fused-ring (bicyclic) bond motifs is 2. The normalized spacial score (nSPS) is 27.8. The van der Waals surface area contributed by atoms with Crippen molar-refractivity contribution in [3.63, 3.8) is 0 Å². The van der Waals surface area contributed by atoms with Gasteiger partial charge in [0.05, 0.1) is 83.9 Å². The number of alkyl halides is 2. The zero-order valence-corrected chi connectivity index (χ0v) is 83.7. The molecule has 0 radical (unpaired) electrons. The zero-order chi connectivity index (χ0) is 91.1. The molecule has 0 aromatic rings. The van der Waals surface area contributed by atoms with E-state index in [0.29, 0.717) is 91.3 Å². The van der Waals surface area contributed by atoms with Gasteiger partial charge >= 0.3 is 0 Å². The Morgan fingerprint density at radius 1 is 0.483 bits per heavy atom. The third kappa shape index (κ3) is 42.3. The number of piperazine rings is 3. The Balaban J connectivity index is 0.000000445. The van der Waals surface area contributed by atoms with Gasteiger partial charge in [0, 0.05) is 193 Å². The van der Waals surface area contributed by atoms with E-state index in [0.717, 1.165) is 131 Å². The minimum Gasteiger partial charge on any atom is -0.379 e. The minimum atomic E-state index is -2.99.